The zero-order valence-electron chi connectivity index (χ0n) is 16.4. The maximum Gasteiger partial charge on any atom is 0.416 e. The first-order valence-corrected chi connectivity index (χ1v) is 9.96. The third-order valence-corrected chi connectivity index (χ3v) is 5.90. The van der Waals surface area contributed by atoms with Crippen LogP contribution < -0.4 is 5.32 Å². The second-order valence-corrected chi connectivity index (χ2v) is 8.26. The van der Waals surface area contributed by atoms with Crippen molar-refractivity contribution in [2.24, 2.45) is 0 Å². The third kappa shape index (κ3) is 4.75. The number of hydrogen-bond donors (Lipinski definition) is 1. The maximum absolute atomic E-state index is 13.1. The quantitative estimate of drug-likeness (QED) is 0.667. The van der Waals surface area contributed by atoms with Gasteiger partial charge in [-0.3, -0.25) is 9.69 Å². The molecule has 0 aliphatic carbocycles. The summed E-state index contributed by atoms with van der Waals surface area (Å²) in [5, 5.41) is 2.94. The van der Waals surface area contributed by atoms with Crippen molar-refractivity contribution >= 4 is 17.5 Å². The standard InChI is InChI=1S/C22H24ClF3N2O/c1-21(2,28-12-6-7-13-28)19(15-8-4-3-5-9-15)27-20(29)17-14-16(22(24,25)26)10-11-18(17)23/h3-5,8-11,14,19H,6-7,12-13H2,1-2H3,(H,27,29). The predicted octanol–water partition coefficient (Wildman–Crippen LogP) is 5.70. The normalized spacial score (nSPS) is 16.6. The Morgan fingerprint density at radius 2 is 1.69 bits per heavy atom. The Labute approximate surface area is 173 Å². The van der Waals surface area contributed by atoms with Crippen molar-refractivity contribution in [3.63, 3.8) is 0 Å². The second kappa shape index (κ2) is 8.36. The second-order valence-electron chi connectivity index (χ2n) is 7.86. The van der Waals surface area contributed by atoms with Gasteiger partial charge in [-0.15, -0.1) is 0 Å². The van der Waals surface area contributed by atoms with Crippen LogP contribution >= 0.6 is 11.6 Å². The van der Waals surface area contributed by atoms with Crippen molar-refractivity contribution in [3.8, 4) is 0 Å². The molecule has 1 heterocycles. The van der Waals surface area contributed by atoms with Gasteiger partial charge in [-0.1, -0.05) is 41.9 Å². The molecule has 2 aromatic rings. The summed E-state index contributed by atoms with van der Waals surface area (Å²) in [6, 6.07) is 11.9. The van der Waals surface area contributed by atoms with Gasteiger partial charge in [0, 0.05) is 5.54 Å². The highest BCUT2D eigenvalue weighted by Gasteiger charge is 2.39. The largest absolute Gasteiger partial charge is 0.416 e. The van der Waals surface area contributed by atoms with E-state index in [1.807, 2.05) is 44.2 Å². The van der Waals surface area contributed by atoms with Crippen molar-refractivity contribution in [2.75, 3.05) is 13.1 Å². The highest BCUT2D eigenvalue weighted by molar-refractivity contribution is 6.33. The molecule has 1 unspecified atom stereocenters. The maximum atomic E-state index is 13.1. The lowest BCUT2D eigenvalue weighted by molar-refractivity contribution is -0.137. The van der Waals surface area contributed by atoms with E-state index < -0.39 is 29.2 Å². The molecule has 3 nitrogen and oxygen atoms in total. The fourth-order valence-corrected chi connectivity index (χ4v) is 4.08. The van der Waals surface area contributed by atoms with Crippen LogP contribution in [-0.4, -0.2) is 29.4 Å². The molecule has 3 rings (SSSR count). The molecule has 0 spiro atoms. The van der Waals surface area contributed by atoms with Gasteiger partial charge in [0.2, 0.25) is 0 Å². The number of carbonyl (C=O) groups excluding carboxylic acids is 1. The number of halogens is 4. The van der Waals surface area contributed by atoms with Crippen molar-refractivity contribution in [1.29, 1.82) is 0 Å². The first kappa shape index (κ1) is 21.7. The minimum atomic E-state index is -4.55. The number of hydrogen-bond acceptors (Lipinski definition) is 2. The van der Waals surface area contributed by atoms with Crippen molar-refractivity contribution in [3.05, 3.63) is 70.2 Å². The number of nitrogens with zero attached hydrogens (tertiary/aromatic N) is 1. The van der Waals surface area contributed by atoms with Crippen LogP contribution in [0.2, 0.25) is 5.02 Å². The summed E-state index contributed by atoms with van der Waals surface area (Å²) >= 11 is 6.07. The number of rotatable bonds is 5. The Morgan fingerprint density at radius 1 is 1.07 bits per heavy atom. The fourth-order valence-electron chi connectivity index (χ4n) is 3.87. The number of likely N-dealkylation sites (tertiary alicyclic amines) is 1. The number of carbonyl (C=O) groups is 1. The number of benzene rings is 2. The Kier molecular flexibility index (Phi) is 6.24. The Balaban J connectivity index is 1.95. The van der Waals surface area contributed by atoms with Crippen LogP contribution in [0.5, 0.6) is 0 Å². The smallest absolute Gasteiger partial charge is 0.343 e. The third-order valence-electron chi connectivity index (χ3n) is 5.57. The zero-order valence-corrected chi connectivity index (χ0v) is 17.1. The van der Waals surface area contributed by atoms with Gasteiger partial charge in [-0.25, -0.2) is 0 Å². The van der Waals surface area contributed by atoms with Crippen LogP contribution in [0.4, 0.5) is 13.2 Å². The minimum absolute atomic E-state index is 0.0127. The van der Waals surface area contributed by atoms with E-state index in [4.69, 9.17) is 11.6 Å². The molecule has 1 N–H and O–H groups in total. The predicted molar refractivity (Wildman–Crippen MR) is 108 cm³/mol. The van der Waals surface area contributed by atoms with Gasteiger partial charge in [-0.2, -0.15) is 13.2 Å². The molecule has 1 fully saturated rings. The molecule has 156 valence electrons. The highest BCUT2D eigenvalue weighted by Crippen LogP contribution is 2.35. The van der Waals surface area contributed by atoms with E-state index in [0.29, 0.717) is 0 Å². The Hall–Kier alpha value is -2.05. The zero-order chi connectivity index (χ0) is 21.2. The molecule has 2 aromatic carbocycles. The molecule has 1 aliphatic rings. The first-order chi connectivity index (χ1) is 13.6. The summed E-state index contributed by atoms with van der Waals surface area (Å²) in [6.45, 7) is 5.92. The van der Waals surface area contributed by atoms with Crippen molar-refractivity contribution in [1.82, 2.24) is 10.2 Å². The van der Waals surface area contributed by atoms with Gasteiger partial charge in [0.15, 0.2) is 0 Å². The molecule has 1 aliphatic heterocycles. The van der Waals surface area contributed by atoms with E-state index in [1.54, 1.807) is 0 Å². The summed E-state index contributed by atoms with van der Waals surface area (Å²) in [5.74, 6) is -0.623. The molecule has 0 bridgehead atoms. The molecular weight excluding hydrogens is 401 g/mol. The average molecular weight is 425 g/mol. The van der Waals surface area contributed by atoms with Crippen LogP contribution in [0.15, 0.2) is 48.5 Å². The van der Waals surface area contributed by atoms with E-state index in [2.05, 4.69) is 10.2 Å². The van der Waals surface area contributed by atoms with E-state index in [1.165, 1.54) is 0 Å². The summed E-state index contributed by atoms with van der Waals surface area (Å²) in [6.07, 6.45) is -2.38. The molecule has 0 saturated carbocycles. The van der Waals surface area contributed by atoms with Gasteiger partial charge < -0.3 is 5.32 Å². The summed E-state index contributed by atoms with van der Waals surface area (Å²) < 4.78 is 39.3. The van der Waals surface area contributed by atoms with Gasteiger partial charge in [0.1, 0.15) is 0 Å². The minimum Gasteiger partial charge on any atom is -0.343 e. The van der Waals surface area contributed by atoms with E-state index in [9.17, 15) is 18.0 Å². The molecule has 1 atom stereocenters. The molecule has 1 amide bonds. The van der Waals surface area contributed by atoms with Gasteiger partial charge in [0.05, 0.1) is 22.2 Å². The first-order valence-electron chi connectivity index (χ1n) is 9.58. The Bertz CT molecular complexity index is 862. The molecule has 7 heteroatoms. The SMILES string of the molecule is CC(C)(C(NC(=O)c1cc(C(F)(F)F)ccc1Cl)c1ccccc1)N1CCCC1. The summed E-state index contributed by atoms with van der Waals surface area (Å²) in [4.78, 5) is 15.3. The number of alkyl halides is 3. The lowest BCUT2D eigenvalue weighted by Gasteiger charge is -2.42. The molecule has 29 heavy (non-hydrogen) atoms. The van der Waals surface area contributed by atoms with Crippen molar-refractivity contribution in [2.45, 2.75) is 44.4 Å². The van der Waals surface area contributed by atoms with Crippen LogP contribution in [0, 0.1) is 0 Å². The lowest BCUT2D eigenvalue weighted by Crippen LogP contribution is -2.52. The van der Waals surface area contributed by atoms with Crippen LogP contribution in [-0.2, 0) is 6.18 Å². The van der Waals surface area contributed by atoms with E-state index in [-0.39, 0.29) is 10.6 Å². The molecule has 0 aromatic heterocycles. The summed E-state index contributed by atoms with van der Waals surface area (Å²) in [5.41, 5.74) is -0.621. The topological polar surface area (TPSA) is 32.3 Å². The molecule has 1 saturated heterocycles. The summed E-state index contributed by atoms with van der Waals surface area (Å²) in [7, 11) is 0. The van der Waals surface area contributed by atoms with Crippen LogP contribution in [0.25, 0.3) is 0 Å². The average Bonchev–Trinajstić information content (AvgIpc) is 3.21. The van der Waals surface area contributed by atoms with Crippen molar-refractivity contribution < 1.29 is 18.0 Å². The van der Waals surface area contributed by atoms with Gasteiger partial charge in [-0.05, 0) is 63.5 Å². The number of amides is 1. The molecular formula is C22H24ClF3N2O. The van der Waals surface area contributed by atoms with E-state index in [0.717, 1.165) is 49.7 Å². The van der Waals surface area contributed by atoms with E-state index >= 15 is 0 Å². The molecule has 0 radical (unpaired) electrons. The fraction of sp³-hybridized carbons (Fsp3) is 0.409. The van der Waals surface area contributed by atoms with Crippen LogP contribution in [0.1, 0.15) is 54.2 Å². The lowest BCUT2D eigenvalue weighted by atomic mass is 9.86. The van der Waals surface area contributed by atoms with Crippen LogP contribution in [0.3, 0.4) is 0 Å². The van der Waals surface area contributed by atoms with Gasteiger partial charge >= 0.3 is 6.18 Å². The monoisotopic (exact) mass is 424 g/mol. The Morgan fingerprint density at radius 3 is 2.28 bits per heavy atom. The van der Waals surface area contributed by atoms with Gasteiger partial charge in [0.25, 0.3) is 5.91 Å². The highest BCUT2D eigenvalue weighted by atomic mass is 35.5. The number of nitrogens with one attached hydrogen (secondary N) is 1.